The molecule has 1 heterocycles. The predicted molar refractivity (Wildman–Crippen MR) is 104 cm³/mol. The Morgan fingerprint density at radius 1 is 1.11 bits per heavy atom. The third-order valence-electron chi connectivity index (χ3n) is 7.43. The number of hydrogen-bond donors (Lipinski definition) is 0. The van der Waals surface area contributed by atoms with Gasteiger partial charge >= 0.3 is 0 Å². The summed E-state index contributed by atoms with van der Waals surface area (Å²) in [6.07, 6.45) is 3.15. The van der Waals surface area contributed by atoms with Crippen molar-refractivity contribution in [2.45, 2.75) is 71.6 Å². The first kappa shape index (κ1) is 18.5. The number of carbonyl (C=O) groups excluding carboxylic acids is 2. The number of amides is 2. The lowest BCUT2D eigenvalue weighted by Crippen LogP contribution is -2.59. The second-order valence-corrected chi connectivity index (χ2v) is 9.19. The summed E-state index contributed by atoms with van der Waals surface area (Å²) in [4.78, 5) is 26.4. The monoisotopic (exact) mass is 370 g/mol. The molecule has 1 aliphatic heterocycles. The van der Waals surface area contributed by atoms with Crippen molar-refractivity contribution in [3.8, 4) is 0 Å². The summed E-state index contributed by atoms with van der Waals surface area (Å²) < 4.78 is 5.68. The smallest absolute Gasteiger partial charge is 0.276 e. The fourth-order valence-corrected chi connectivity index (χ4v) is 5.47. The van der Waals surface area contributed by atoms with Crippen molar-refractivity contribution in [3.63, 3.8) is 0 Å². The van der Waals surface area contributed by atoms with Gasteiger partial charge in [-0.1, -0.05) is 32.0 Å². The summed E-state index contributed by atoms with van der Waals surface area (Å²) in [5.41, 5.74) is 0.0871. The molecule has 146 valence electrons. The van der Waals surface area contributed by atoms with Crippen LogP contribution < -0.4 is 5.01 Å². The number of carbonyl (C=O) groups is 2. The molecule has 2 saturated carbocycles. The normalized spacial score (nSPS) is 35.7. The van der Waals surface area contributed by atoms with Crippen LogP contribution in [0.25, 0.3) is 0 Å². The van der Waals surface area contributed by atoms with Crippen LogP contribution in [-0.4, -0.2) is 34.6 Å². The van der Waals surface area contributed by atoms with Crippen molar-refractivity contribution in [1.82, 2.24) is 5.01 Å². The van der Waals surface area contributed by atoms with Crippen LogP contribution in [0.3, 0.4) is 0 Å². The minimum atomic E-state index is -0.839. The molecule has 0 N–H and O–H groups in total. The number of anilines is 1. The Morgan fingerprint density at radius 2 is 1.74 bits per heavy atom. The number of rotatable bonds is 3. The average molecular weight is 370 g/mol. The molecular formula is C22H30N2O3. The fourth-order valence-electron chi connectivity index (χ4n) is 5.47. The van der Waals surface area contributed by atoms with E-state index in [-0.39, 0.29) is 29.4 Å². The first-order valence-electron chi connectivity index (χ1n) is 10.0. The fraction of sp³-hybridized carbons (Fsp3) is 0.636. The Bertz CT molecular complexity index is 762. The van der Waals surface area contributed by atoms with E-state index in [1.165, 1.54) is 13.3 Å². The summed E-state index contributed by atoms with van der Waals surface area (Å²) in [6.45, 7) is 9.93. The SMILES string of the molecule is CC(=O)N(c1ccccc1)N(C(=O)[C@]1(C)OC1C)[C@@H]1C[C@H]2CC[C@H]1C2(C)C. The molecule has 5 atom stereocenters. The number of epoxide rings is 1. The van der Waals surface area contributed by atoms with Crippen LogP contribution in [0.1, 0.15) is 53.9 Å². The van der Waals surface area contributed by atoms with Gasteiger partial charge in [0.2, 0.25) is 5.91 Å². The van der Waals surface area contributed by atoms with E-state index in [4.69, 9.17) is 4.74 Å². The zero-order valence-corrected chi connectivity index (χ0v) is 16.9. The average Bonchev–Trinajstić information content (AvgIpc) is 3.05. The van der Waals surface area contributed by atoms with Crippen molar-refractivity contribution in [2.24, 2.45) is 17.3 Å². The Hall–Kier alpha value is -1.88. The van der Waals surface area contributed by atoms with Gasteiger partial charge in [-0.2, -0.15) is 0 Å². The van der Waals surface area contributed by atoms with Crippen molar-refractivity contribution >= 4 is 17.5 Å². The van der Waals surface area contributed by atoms with E-state index >= 15 is 0 Å². The molecule has 1 aromatic carbocycles. The number of nitrogens with zero attached hydrogens (tertiary/aromatic N) is 2. The lowest BCUT2D eigenvalue weighted by molar-refractivity contribution is -0.144. The molecule has 4 rings (SSSR count). The standard InChI is InChI=1S/C22H30N2O3/c1-14-22(5,27-14)20(26)24(19-13-16-11-12-18(19)21(16,3)4)23(15(2)25)17-9-7-6-8-10-17/h6-10,14,16,18-19H,11-13H2,1-5H3/t14?,16-,18-,19-,22-/m1/s1. The van der Waals surface area contributed by atoms with E-state index in [0.29, 0.717) is 11.8 Å². The maximum Gasteiger partial charge on any atom is 0.276 e. The van der Waals surface area contributed by atoms with Gasteiger partial charge in [-0.15, -0.1) is 0 Å². The third-order valence-corrected chi connectivity index (χ3v) is 7.43. The van der Waals surface area contributed by atoms with Gasteiger partial charge < -0.3 is 4.74 Å². The zero-order valence-electron chi connectivity index (χ0n) is 16.9. The Kier molecular flexibility index (Phi) is 4.15. The minimum absolute atomic E-state index is 0.0311. The van der Waals surface area contributed by atoms with Gasteiger partial charge in [-0.3, -0.25) is 9.59 Å². The summed E-state index contributed by atoms with van der Waals surface area (Å²) in [5.74, 6) is 0.752. The molecule has 5 nitrogen and oxygen atoms in total. The van der Waals surface area contributed by atoms with E-state index in [2.05, 4.69) is 13.8 Å². The molecule has 3 aliphatic rings. The van der Waals surface area contributed by atoms with Gasteiger partial charge in [-0.25, -0.2) is 10.0 Å². The van der Waals surface area contributed by atoms with Crippen molar-refractivity contribution < 1.29 is 14.3 Å². The molecule has 0 spiro atoms. The van der Waals surface area contributed by atoms with Crippen molar-refractivity contribution in [1.29, 1.82) is 0 Å². The van der Waals surface area contributed by atoms with E-state index < -0.39 is 5.60 Å². The third kappa shape index (κ3) is 2.70. The molecule has 27 heavy (non-hydrogen) atoms. The van der Waals surface area contributed by atoms with Gasteiger partial charge in [0.25, 0.3) is 5.91 Å². The molecule has 5 heteroatoms. The lowest BCUT2D eigenvalue weighted by Gasteiger charge is -2.43. The van der Waals surface area contributed by atoms with Crippen LogP contribution >= 0.6 is 0 Å². The van der Waals surface area contributed by atoms with Crippen LogP contribution in [0.4, 0.5) is 5.69 Å². The van der Waals surface area contributed by atoms with Crippen molar-refractivity contribution in [2.75, 3.05) is 5.01 Å². The molecule has 1 unspecified atom stereocenters. The quantitative estimate of drug-likeness (QED) is 0.601. The highest BCUT2D eigenvalue weighted by Crippen LogP contribution is 2.59. The van der Waals surface area contributed by atoms with Gasteiger partial charge in [0.15, 0.2) is 5.60 Å². The second kappa shape index (κ2) is 6.06. The van der Waals surface area contributed by atoms with E-state index in [9.17, 15) is 9.59 Å². The summed E-state index contributed by atoms with van der Waals surface area (Å²) >= 11 is 0. The molecular weight excluding hydrogens is 340 g/mol. The first-order valence-corrected chi connectivity index (χ1v) is 10.0. The first-order chi connectivity index (χ1) is 12.7. The molecule has 0 aromatic heterocycles. The highest BCUT2D eigenvalue weighted by molar-refractivity contribution is 5.98. The molecule has 2 bridgehead atoms. The Balaban J connectivity index is 1.77. The van der Waals surface area contributed by atoms with Gasteiger partial charge in [0.05, 0.1) is 17.8 Å². The minimum Gasteiger partial charge on any atom is -0.356 e. The molecule has 0 radical (unpaired) electrons. The van der Waals surface area contributed by atoms with Crippen LogP contribution in [0, 0.1) is 17.3 Å². The largest absolute Gasteiger partial charge is 0.356 e. The van der Waals surface area contributed by atoms with Crippen LogP contribution in [0.5, 0.6) is 0 Å². The van der Waals surface area contributed by atoms with Gasteiger partial charge in [0, 0.05) is 6.92 Å². The number of hydrazine groups is 1. The number of hydrogen-bond acceptors (Lipinski definition) is 3. The van der Waals surface area contributed by atoms with Crippen molar-refractivity contribution in [3.05, 3.63) is 30.3 Å². The van der Waals surface area contributed by atoms with E-state index in [0.717, 1.165) is 18.5 Å². The zero-order chi connectivity index (χ0) is 19.6. The van der Waals surface area contributed by atoms with Crippen LogP contribution in [0.15, 0.2) is 30.3 Å². The molecule has 2 amide bonds. The number of fused-ring (bicyclic) bond motifs is 2. The van der Waals surface area contributed by atoms with E-state index in [1.54, 1.807) is 10.0 Å². The summed E-state index contributed by atoms with van der Waals surface area (Å²) in [6, 6.07) is 9.53. The number of benzene rings is 1. The maximum atomic E-state index is 13.6. The molecule has 1 saturated heterocycles. The highest BCUT2D eigenvalue weighted by Gasteiger charge is 2.63. The van der Waals surface area contributed by atoms with E-state index in [1.807, 2.05) is 44.2 Å². The Morgan fingerprint density at radius 3 is 2.19 bits per heavy atom. The molecule has 2 aliphatic carbocycles. The molecule has 3 fully saturated rings. The predicted octanol–water partition coefficient (Wildman–Crippen LogP) is 3.79. The number of para-hydroxylation sites is 1. The molecule has 1 aromatic rings. The van der Waals surface area contributed by atoms with Gasteiger partial charge in [0.1, 0.15) is 0 Å². The highest BCUT2D eigenvalue weighted by atomic mass is 16.6. The van der Waals surface area contributed by atoms with Crippen LogP contribution in [0.2, 0.25) is 0 Å². The number of ether oxygens (including phenoxy) is 1. The summed E-state index contributed by atoms with van der Waals surface area (Å²) in [5, 5.41) is 3.34. The van der Waals surface area contributed by atoms with Gasteiger partial charge in [-0.05, 0) is 62.5 Å². The summed E-state index contributed by atoms with van der Waals surface area (Å²) in [7, 11) is 0. The maximum absolute atomic E-state index is 13.6. The second-order valence-electron chi connectivity index (χ2n) is 9.19. The lowest BCUT2D eigenvalue weighted by atomic mass is 9.81. The topological polar surface area (TPSA) is 53.2 Å². The Labute approximate surface area is 161 Å². The van der Waals surface area contributed by atoms with Crippen LogP contribution in [-0.2, 0) is 14.3 Å².